The molecule has 0 spiro atoms. The van der Waals surface area contributed by atoms with E-state index in [0.29, 0.717) is 11.8 Å². The topological polar surface area (TPSA) is 0 Å². The number of aryl methyl sites for hydroxylation is 2. The van der Waals surface area contributed by atoms with E-state index < -0.39 is 0 Å². The molecule has 3 aliphatic rings. The Kier molecular flexibility index (Phi) is 4.82. The molecule has 172 valence electrons. The molecule has 3 aromatic carbocycles. The van der Waals surface area contributed by atoms with E-state index in [2.05, 4.69) is 102 Å². The molecule has 3 aromatic rings. The fraction of sp³-hybridized carbons (Fsp3) is 0.353. The molecule has 0 saturated heterocycles. The predicted molar refractivity (Wildman–Crippen MR) is 146 cm³/mol. The molecule has 0 heterocycles. The minimum Gasteiger partial charge on any atom is -0.0643 e. The number of fused-ring (bicyclic) bond motifs is 3. The van der Waals surface area contributed by atoms with Gasteiger partial charge in [-0.05, 0) is 101 Å². The second-order valence-corrected chi connectivity index (χ2v) is 11.9. The van der Waals surface area contributed by atoms with Crippen molar-refractivity contribution < 1.29 is 0 Å². The van der Waals surface area contributed by atoms with Gasteiger partial charge in [-0.2, -0.15) is 0 Å². The van der Waals surface area contributed by atoms with Gasteiger partial charge in [-0.15, -0.1) is 0 Å². The standard InChI is InChI=1S/C34H36/c1-20-17-26-18-24-9-7-10-25(24)19-30(26)31(20)33-22(3)21(2)32-28(11-8-12-29(32)33)23-13-15-27(16-14-23)34(4,5)6/h8,11-19,31,33H,7,9-10H2,1-6H3. The van der Waals surface area contributed by atoms with Crippen LogP contribution in [0.25, 0.3) is 22.8 Å². The van der Waals surface area contributed by atoms with Crippen molar-refractivity contribution in [1.82, 2.24) is 0 Å². The van der Waals surface area contributed by atoms with Gasteiger partial charge < -0.3 is 0 Å². The molecule has 0 saturated carbocycles. The zero-order chi connectivity index (χ0) is 23.8. The molecule has 6 rings (SSSR count). The van der Waals surface area contributed by atoms with E-state index in [1.807, 2.05) is 0 Å². The molecule has 0 aromatic heterocycles. The molecule has 0 nitrogen and oxygen atoms in total. The Balaban J connectivity index is 1.46. The van der Waals surface area contributed by atoms with Crippen molar-refractivity contribution in [3.8, 4) is 11.1 Å². The lowest BCUT2D eigenvalue weighted by atomic mass is 9.77. The summed E-state index contributed by atoms with van der Waals surface area (Å²) in [7, 11) is 0. The Hall–Kier alpha value is -2.86. The highest BCUT2D eigenvalue weighted by Crippen LogP contribution is 2.56. The van der Waals surface area contributed by atoms with E-state index in [0.717, 1.165) is 0 Å². The van der Waals surface area contributed by atoms with Gasteiger partial charge in [-0.3, -0.25) is 0 Å². The molecule has 2 unspecified atom stereocenters. The Morgan fingerprint density at radius 3 is 2.18 bits per heavy atom. The number of hydrogen-bond donors (Lipinski definition) is 0. The van der Waals surface area contributed by atoms with Crippen LogP contribution in [0, 0.1) is 0 Å². The van der Waals surface area contributed by atoms with Gasteiger partial charge in [0.2, 0.25) is 0 Å². The summed E-state index contributed by atoms with van der Waals surface area (Å²) in [5.74, 6) is 0.886. The third-order valence-electron chi connectivity index (χ3n) is 8.77. The zero-order valence-corrected chi connectivity index (χ0v) is 21.5. The first kappa shape index (κ1) is 21.7. The van der Waals surface area contributed by atoms with Gasteiger partial charge in [-0.25, -0.2) is 0 Å². The second kappa shape index (κ2) is 7.57. The van der Waals surface area contributed by atoms with Crippen molar-refractivity contribution in [2.45, 2.75) is 78.1 Å². The molecule has 0 heteroatoms. The highest BCUT2D eigenvalue weighted by atomic mass is 14.4. The molecular weight excluding hydrogens is 408 g/mol. The molecular formula is C34H36. The number of hydrogen-bond acceptors (Lipinski definition) is 0. The minimum absolute atomic E-state index is 0.175. The first-order valence-corrected chi connectivity index (χ1v) is 13.0. The van der Waals surface area contributed by atoms with Crippen molar-refractivity contribution in [2.75, 3.05) is 0 Å². The van der Waals surface area contributed by atoms with E-state index in [9.17, 15) is 0 Å². The van der Waals surface area contributed by atoms with Crippen LogP contribution in [-0.2, 0) is 18.3 Å². The van der Waals surface area contributed by atoms with E-state index in [1.165, 1.54) is 63.8 Å². The van der Waals surface area contributed by atoms with Crippen LogP contribution in [0.4, 0.5) is 0 Å². The third kappa shape index (κ3) is 3.18. The lowest BCUT2D eigenvalue weighted by molar-refractivity contribution is 0.590. The fourth-order valence-electron chi connectivity index (χ4n) is 6.81. The monoisotopic (exact) mass is 444 g/mol. The number of allylic oxidation sites excluding steroid dienone is 3. The lowest BCUT2D eigenvalue weighted by Crippen LogP contribution is -2.11. The SMILES string of the molecule is CC1=Cc2cc3c(cc2C1C1C(C)=C(C)c2c(-c4ccc(C(C)(C)C)cc4)cccc21)CCC3. The normalized spacial score (nSPS) is 20.9. The fourth-order valence-corrected chi connectivity index (χ4v) is 6.81. The maximum absolute atomic E-state index is 2.56. The van der Waals surface area contributed by atoms with Crippen molar-refractivity contribution in [3.05, 3.63) is 105 Å². The van der Waals surface area contributed by atoms with Crippen LogP contribution < -0.4 is 0 Å². The first-order valence-electron chi connectivity index (χ1n) is 13.0. The Morgan fingerprint density at radius 2 is 1.47 bits per heavy atom. The van der Waals surface area contributed by atoms with E-state index in [1.54, 1.807) is 22.3 Å². The minimum atomic E-state index is 0.175. The summed E-state index contributed by atoms with van der Waals surface area (Å²) in [5, 5.41) is 0. The molecule has 0 amide bonds. The molecule has 0 radical (unpaired) electrons. The summed E-state index contributed by atoms with van der Waals surface area (Å²) in [6.45, 7) is 13.9. The maximum atomic E-state index is 2.56. The van der Waals surface area contributed by atoms with E-state index in [-0.39, 0.29) is 5.41 Å². The van der Waals surface area contributed by atoms with Gasteiger partial charge in [0.25, 0.3) is 0 Å². The van der Waals surface area contributed by atoms with Crippen molar-refractivity contribution in [2.24, 2.45) is 0 Å². The average molecular weight is 445 g/mol. The van der Waals surface area contributed by atoms with Gasteiger partial charge in [0.15, 0.2) is 0 Å². The van der Waals surface area contributed by atoms with Crippen molar-refractivity contribution in [1.29, 1.82) is 0 Å². The molecule has 0 N–H and O–H groups in total. The van der Waals surface area contributed by atoms with Crippen molar-refractivity contribution in [3.63, 3.8) is 0 Å². The van der Waals surface area contributed by atoms with Gasteiger partial charge in [0, 0.05) is 11.8 Å². The van der Waals surface area contributed by atoms with Gasteiger partial charge in [-0.1, -0.05) is 92.6 Å². The number of rotatable bonds is 2. The largest absolute Gasteiger partial charge is 0.0643 e. The first-order chi connectivity index (χ1) is 16.2. The summed E-state index contributed by atoms with van der Waals surface area (Å²) in [6, 6.07) is 21.3. The Bertz CT molecular complexity index is 1370. The molecule has 0 bridgehead atoms. The Labute approximate surface area is 205 Å². The zero-order valence-electron chi connectivity index (χ0n) is 21.5. The summed E-state index contributed by atoms with van der Waals surface area (Å²) < 4.78 is 0. The predicted octanol–water partition coefficient (Wildman–Crippen LogP) is 9.23. The highest BCUT2D eigenvalue weighted by molar-refractivity contribution is 5.89. The Morgan fingerprint density at radius 1 is 0.765 bits per heavy atom. The number of benzene rings is 3. The molecule has 34 heavy (non-hydrogen) atoms. The van der Waals surface area contributed by atoms with Gasteiger partial charge in [0.1, 0.15) is 0 Å². The van der Waals surface area contributed by atoms with Crippen molar-refractivity contribution >= 4 is 11.6 Å². The van der Waals surface area contributed by atoms with Crippen LogP contribution in [0.1, 0.15) is 98.7 Å². The molecule has 0 aliphatic heterocycles. The van der Waals surface area contributed by atoms with E-state index >= 15 is 0 Å². The quantitative estimate of drug-likeness (QED) is 0.369. The lowest BCUT2D eigenvalue weighted by Gasteiger charge is -2.26. The summed E-state index contributed by atoms with van der Waals surface area (Å²) in [5.41, 5.74) is 18.0. The van der Waals surface area contributed by atoms with Crippen LogP contribution >= 0.6 is 0 Å². The van der Waals surface area contributed by atoms with Crippen LogP contribution in [-0.4, -0.2) is 0 Å². The van der Waals surface area contributed by atoms with Crippen LogP contribution in [0.5, 0.6) is 0 Å². The maximum Gasteiger partial charge on any atom is 0.0164 e. The third-order valence-corrected chi connectivity index (χ3v) is 8.77. The highest BCUT2D eigenvalue weighted by Gasteiger charge is 2.39. The van der Waals surface area contributed by atoms with E-state index in [4.69, 9.17) is 0 Å². The summed E-state index contributed by atoms with van der Waals surface area (Å²) in [6.07, 6.45) is 6.28. The summed E-state index contributed by atoms with van der Waals surface area (Å²) >= 11 is 0. The average Bonchev–Trinajstić information content (AvgIpc) is 3.46. The van der Waals surface area contributed by atoms with Crippen LogP contribution in [0.2, 0.25) is 0 Å². The van der Waals surface area contributed by atoms with Gasteiger partial charge >= 0.3 is 0 Å². The van der Waals surface area contributed by atoms with Crippen LogP contribution in [0.3, 0.4) is 0 Å². The molecule has 3 aliphatic carbocycles. The van der Waals surface area contributed by atoms with Crippen LogP contribution in [0.15, 0.2) is 65.7 Å². The summed E-state index contributed by atoms with van der Waals surface area (Å²) in [4.78, 5) is 0. The second-order valence-electron chi connectivity index (χ2n) is 11.9. The smallest absolute Gasteiger partial charge is 0.0164 e. The molecule has 2 atom stereocenters. The van der Waals surface area contributed by atoms with Gasteiger partial charge in [0.05, 0.1) is 0 Å². The molecule has 0 fully saturated rings.